The summed E-state index contributed by atoms with van der Waals surface area (Å²) in [6, 6.07) is 2.28. The number of benzene rings is 1. The molecule has 0 spiro atoms. The van der Waals surface area contributed by atoms with Crippen LogP contribution in [0.2, 0.25) is 0 Å². The van der Waals surface area contributed by atoms with Crippen molar-refractivity contribution in [1.29, 1.82) is 0 Å². The normalized spacial score (nSPS) is 17.5. The van der Waals surface area contributed by atoms with Gasteiger partial charge in [-0.1, -0.05) is 5.11 Å². The van der Waals surface area contributed by atoms with Crippen LogP contribution in [0.15, 0.2) is 28.2 Å². The molecule has 3 aromatic rings. The SMILES string of the molecule is CCOC(=O)c1cn(C2CC2)c2c(F)c(-c3cc4c(s3)CCCC4N=[N+]=[N-])c(F)cc2c1=O. The van der Waals surface area contributed by atoms with Crippen LogP contribution in [0.3, 0.4) is 0 Å². The van der Waals surface area contributed by atoms with E-state index in [1.807, 2.05) is 0 Å². The molecule has 1 saturated carbocycles. The molecule has 1 atom stereocenters. The second-order valence-electron chi connectivity index (χ2n) is 8.28. The van der Waals surface area contributed by atoms with Crippen molar-refractivity contribution in [3.8, 4) is 10.4 Å². The lowest BCUT2D eigenvalue weighted by Gasteiger charge is -2.17. The number of thiophene rings is 1. The maximum absolute atomic E-state index is 15.9. The van der Waals surface area contributed by atoms with Gasteiger partial charge in [0.25, 0.3) is 0 Å². The molecule has 5 rings (SSSR count). The predicted molar refractivity (Wildman–Crippen MR) is 120 cm³/mol. The average Bonchev–Trinajstić information content (AvgIpc) is 3.54. The summed E-state index contributed by atoms with van der Waals surface area (Å²) < 4.78 is 37.8. The van der Waals surface area contributed by atoms with Gasteiger partial charge in [0.05, 0.1) is 29.1 Å². The Bertz CT molecular complexity index is 1400. The zero-order valence-electron chi connectivity index (χ0n) is 17.8. The summed E-state index contributed by atoms with van der Waals surface area (Å²) in [5.74, 6) is -2.51. The minimum atomic E-state index is -0.876. The molecule has 0 amide bonds. The maximum Gasteiger partial charge on any atom is 0.343 e. The highest BCUT2D eigenvalue weighted by molar-refractivity contribution is 7.15. The topological polar surface area (TPSA) is 97.1 Å². The lowest BCUT2D eigenvalue weighted by molar-refractivity contribution is 0.0524. The van der Waals surface area contributed by atoms with Gasteiger partial charge in [0.2, 0.25) is 5.43 Å². The molecule has 1 aromatic carbocycles. The Kier molecular flexibility index (Phi) is 5.42. The van der Waals surface area contributed by atoms with Gasteiger partial charge in [-0.25, -0.2) is 13.6 Å². The average molecular weight is 471 g/mol. The minimum Gasteiger partial charge on any atom is -0.462 e. The number of halogens is 2. The van der Waals surface area contributed by atoms with Crippen molar-refractivity contribution in [3.05, 3.63) is 66.6 Å². The molecule has 170 valence electrons. The van der Waals surface area contributed by atoms with Crippen molar-refractivity contribution in [2.45, 2.75) is 51.1 Å². The number of fused-ring (bicyclic) bond motifs is 2. The molecule has 0 N–H and O–H groups in total. The fourth-order valence-corrected chi connectivity index (χ4v) is 5.80. The smallest absolute Gasteiger partial charge is 0.343 e. The van der Waals surface area contributed by atoms with E-state index in [9.17, 15) is 9.59 Å². The highest BCUT2D eigenvalue weighted by Gasteiger charge is 2.31. The zero-order valence-corrected chi connectivity index (χ0v) is 18.6. The van der Waals surface area contributed by atoms with Crippen LogP contribution in [-0.4, -0.2) is 17.1 Å². The van der Waals surface area contributed by atoms with E-state index in [1.54, 1.807) is 17.6 Å². The Morgan fingerprint density at radius 3 is 2.82 bits per heavy atom. The van der Waals surface area contributed by atoms with Crippen LogP contribution >= 0.6 is 11.3 Å². The van der Waals surface area contributed by atoms with Crippen LogP contribution in [0.25, 0.3) is 31.8 Å². The van der Waals surface area contributed by atoms with Crippen molar-refractivity contribution in [2.24, 2.45) is 5.11 Å². The van der Waals surface area contributed by atoms with E-state index < -0.39 is 23.0 Å². The minimum absolute atomic E-state index is 0.00934. The molecule has 7 nitrogen and oxygen atoms in total. The van der Waals surface area contributed by atoms with Crippen molar-refractivity contribution in [1.82, 2.24) is 4.57 Å². The van der Waals surface area contributed by atoms with Crippen LogP contribution < -0.4 is 5.43 Å². The number of aromatic nitrogens is 1. The summed E-state index contributed by atoms with van der Waals surface area (Å²) in [6.45, 7) is 1.71. The number of esters is 1. The monoisotopic (exact) mass is 470 g/mol. The van der Waals surface area contributed by atoms with Crippen molar-refractivity contribution < 1.29 is 18.3 Å². The van der Waals surface area contributed by atoms with E-state index >= 15 is 8.78 Å². The molecule has 2 aliphatic rings. The van der Waals surface area contributed by atoms with E-state index in [2.05, 4.69) is 10.0 Å². The van der Waals surface area contributed by atoms with E-state index in [1.165, 1.54) is 17.5 Å². The zero-order chi connectivity index (χ0) is 23.3. The summed E-state index contributed by atoms with van der Waals surface area (Å²) in [5.41, 5.74) is 8.46. The molecular formula is C23H20F2N4O3S. The Labute approximate surface area is 191 Å². The van der Waals surface area contributed by atoms with Gasteiger partial charge in [0, 0.05) is 26.9 Å². The predicted octanol–water partition coefficient (Wildman–Crippen LogP) is 6.21. The first-order chi connectivity index (χ1) is 15.9. The summed E-state index contributed by atoms with van der Waals surface area (Å²) in [4.78, 5) is 29.5. The van der Waals surface area contributed by atoms with Crippen molar-refractivity contribution in [3.63, 3.8) is 0 Å². The number of pyridine rings is 1. The third kappa shape index (κ3) is 3.59. The lowest BCUT2D eigenvalue weighted by atomic mass is 9.94. The van der Waals surface area contributed by atoms with E-state index in [0.717, 1.165) is 42.2 Å². The van der Waals surface area contributed by atoms with Crippen LogP contribution in [0.1, 0.15) is 65.5 Å². The first-order valence-corrected chi connectivity index (χ1v) is 11.7. The fraction of sp³-hybridized carbons (Fsp3) is 0.391. The Balaban J connectivity index is 1.74. The van der Waals surface area contributed by atoms with Crippen molar-refractivity contribution in [2.75, 3.05) is 6.61 Å². The largest absolute Gasteiger partial charge is 0.462 e. The summed E-state index contributed by atoms with van der Waals surface area (Å²) >= 11 is 1.28. The number of aryl methyl sites for hydroxylation is 1. The standard InChI is InChI=1S/C23H20F2N4O3S/c1-2-32-23(31)14-10-29(11-6-7-11)21-13(22(14)30)8-15(24)19(20(21)25)18-9-12-16(27-28-26)4-3-5-17(12)33-18/h8-11,16H,2-7H2,1H3. The van der Waals surface area contributed by atoms with Gasteiger partial charge < -0.3 is 9.30 Å². The van der Waals surface area contributed by atoms with Gasteiger partial charge in [-0.05, 0) is 62.3 Å². The van der Waals surface area contributed by atoms with Gasteiger partial charge in [0.15, 0.2) is 5.82 Å². The third-order valence-corrected chi connectivity index (χ3v) is 7.39. The van der Waals surface area contributed by atoms with Gasteiger partial charge >= 0.3 is 5.97 Å². The molecule has 2 aromatic heterocycles. The van der Waals surface area contributed by atoms with Crippen LogP contribution in [-0.2, 0) is 11.2 Å². The summed E-state index contributed by atoms with van der Waals surface area (Å²) in [7, 11) is 0. The Morgan fingerprint density at radius 1 is 1.33 bits per heavy atom. The summed E-state index contributed by atoms with van der Waals surface area (Å²) in [5, 5.41) is 3.65. The van der Waals surface area contributed by atoms with Gasteiger partial charge in [0.1, 0.15) is 11.4 Å². The number of hydrogen-bond donors (Lipinski definition) is 0. The number of carbonyl (C=O) groups is 1. The maximum atomic E-state index is 15.9. The molecule has 0 radical (unpaired) electrons. The van der Waals surface area contributed by atoms with Gasteiger partial charge in [-0.2, -0.15) is 0 Å². The first-order valence-electron chi connectivity index (χ1n) is 10.9. The fourth-order valence-electron chi connectivity index (χ4n) is 4.50. The number of nitrogens with zero attached hydrogens (tertiary/aromatic N) is 4. The second-order valence-corrected chi connectivity index (χ2v) is 9.41. The second kappa shape index (κ2) is 8.28. The molecule has 0 saturated heterocycles. The van der Waals surface area contributed by atoms with Gasteiger partial charge in [-0.3, -0.25) is 4.79 Å². The number of carbonyl (C=O) groups excluding carboxylic acids is 1. The van der Waals surface area contributed by atoms with E-state index in [4.69, 9.17) is 10.3 Å². The van der Waals surface area contributed by atoms with E-state index in [0.29, 0.717) is 11.3 Å². The molecule has 33 heavy (non-hydrogen) atoms. The molecule has 0 aliphatic heterocycles. The van der Waals surface area contributed by atoms with Crippen LogP contribution in [0.5, 0.6) is 0 Å². The van der Waals surface area contributed by atoms with E-state index in [-0.39, 0.29) is 40.7 Å². The van der Waals surface area contributed by atoms with Gasteiger partial charge in [-0.15, -0.1) is 11.3 Å². The van der Waals surface area contributed by atoms with Crippen molar-refractivity contribution >= 4 is 28.2 Å². The lowest BCUT2D eigenvalue weighted by Crippen LogP contribution is -2.21. The Hall–Kier alpha value is -3.23. The third-order valence-electron chi connectivity index (χ3n) is 6.16. The first kappa shape index (κ1) is 21.6. The van der Waals surface area contributed by atoms with Crippen LogP contribution in [0, 0.1) is 11.6 Å². The molecule has 2 heterocycles. The number of hydrogen-bond acceptors (Lipinski definition) is 5. The number of ether oxygens (including phenoxy) is 1. The molecule has 0 bridgehead atoms. The highest BCUT2D eigenvalue weighted by Crippen LogP contribution is 2.45. The quantitative estimate of drug-likeness (QED) is 0.192. The Morgan fingerprint density at radius 2 is 2.12 bits per heavy atom. The molecular weight excluding hydrogens is 450 g/mol. The number of azide groups is 1. The molecule has 2 aliphatic carbocycles. The van der Waals surface area contributed by atoms with Crippen LogP contribution in [0.4, 0.5) is 8.78 Å². The number of rotatable bonds is 5. The molecule has 1 fully saturated rings. The summed E-state index contributed by atoms with van der Waals surface area (Å²) in [6.07, 6.45) is 5.15. The highest BCUT2D eigenvalue weighted by atomic mass is 32.1. The molecule has 10 heteroatoms. The molecule has 1 unspecified atom stereocenters.